The van der Waals surface area contributed by atoms with E-state index in [9.17, 15) is 4.79 Å². The van der Waals surface area contributed by atoms with Gasteiger partial charge in [0.25, 0.3) is 0 Å². The number of esters is 1. The Balaban J connectivity index is 1.79. The van der Waals surface area contributed by atoms with Gasteiger partial charge >= 0.3 is 5.97 Å². The first kappa shape index (κ1) is 13.5. The SMILES string of the molecule is O=C1O[C@H](c2ccccc2)[C@H](c2ccccc2)N2CCC[C@@H]12. The first-order valence-electron chi connectivity index (χ1n) is 7.91. The molecule has 2 saturated heterocycles. The summed E-state index contributed by atoms with van der Waals surface area (Å²) in [6, 6.07) is 20.5. The van der Waals surface area contributed by atoms with Gasteiger partial charge in [-0.1, -0.05) is 60.7 Å². The molecule has 22 heavy (non-hydrogen) atoms. The molecule has 3 heteroatoms. The first-order chi connectivity index (χ1) is 10.8. The Bertz CT molecular complexity index is 656. The highest BCUT2D eigenvalue weighted by Gasteiger charge is 2.47. The standard InChI is InChI=1S/C19H19NO2/c21-19-16-12-7-13-20(16)17(14-8-3-1-4-9-14)18(22-19)15-10-5-2-6-11-15/h1-6,8-11,16-18H,7,12-13H2/t16-,17-,18+/m0/s1. The Morgan fingerprint density at radius 3 is 2.23 bits per heavy atom. The van der Waals surface area contributed by atoms with E-state index in [1.165, 1.54) is 5.56 Å². The van der Waals surface area contributed by atoms with E-state index >= 15 is 0 Å². The highest BCUT2D eigenvalue weighted by atomic mass is 16.6. The van der Waals surface area contributed by atoms with Crippen LogP contribution in [0.2, 0.25) is 0 Å². The Kier molecular flexibility index (Phi) is 3.43. The highest BCUT2D eigenvalue weighted by Crippen LogP contribution is 2.44. The largest absolute Gasteiger partial charge is 0.454 e. The molecule has 3 atom stereocenters. The van der Waals surface area contributed by atoms with Crippen molar-refractivity contribution >= 4 is 5.97 Å². The van der Waals surface area contributed by atoms with Crippen LogP contribution in [0.4, 0.5) is 0 Å². The molecule has 2 aliphatic rings. The maximum atomic E-state index is 12.4. The maximum Gasteiger partial charge on any atom is 0.324 e. The van der Waals surface area contributed by atoms with Crippen molar-refractivity contribution in [2.24, 2.45) is 0 Å². The smallest absolute Gasteiger partial charge is 0.324 e. The maximum absolute atomic E-state index is 12.4. The lowest BCUT2D eigenvalue weighted by atomic mass is 9.92. The minimum absolute atomic E-state index is 0.0708. The molecule has 0 unspecified atom stereocenters. The van der Waals surface area contributed by atoms with Gasteiger partial charge in [0.05, 0.1) is 6.04 Å². The molecule has 0 spiro atoms. The number of rotatable bonds is 2. The molecular formula is C19H19NO2. The molecule has 0 aromatic heterocycles. The fourth-order valence-corrected chi connectivity index (χ4v) is 3.73. The summed E-state index contributed by atoms with van der Waals surface area (Å²) >= 11 is 0. The van der Waals surface area contributed by atoms with E-state index in [0.717, 1.165) is 24.9 Å². The highest BCUT2D eigenvalue weighted by molar-refractivity contribution is 5.77. The van der Waals surface area contributed by atoms with Crippen LogP contribution in [0, 0.1) is 0 Å². The third kappa shape index (κ3) is 2.22. The summed E-state index contributed by atoms with van der Waals surface area (Å²) in [5, 5.41) is 0. The van der Waals surface area contributed by atoms with Gasteiger partial charge in [-0.3, -0.25) is 9.69 Å². The van der Waals surface area contributed by atoms with E-state index in [0.29, 0.717) is 0 Å². The summed E-state index contributed by atoms with van der Waals surface area (Å²) in [5.74, 6) is -0.0708. The normalized spacial score (nSPS) is 28.2. The van der Waals surface area contributed by atoms with Crippen molar-refractivity contribution in [2.75, 3.05) is 6.54 Å². The molecule has 2 heterocycles. The molecule has 2 aromatic rings. The Hall–Kier alpha value is -2.13. The van der Waals surface area contributed by atoms with Crippen LogP contribution in [0.1, 0.15) is 36.1 Å². The zero-order valence-electron chi connectivity index (χ0n) is 12.4. The van der Waals surface area contributed by atoms with E-state index < -0.39 is 0 Å². The van der Waals surface area contributed by atoms with E-state index in [1.807, 2.05) is 36.4 Å². The van der Waals surface area contributed by atoms with Gasteiger partial charge in [-0.15, -0.1) is 0 Å². The minimum atomic E-state index is -0.231. The summed E-state index contributed by atoms with van der Waals surface area (Å²) in [7, 11) is 0. The number of benzene rings is 2. The summed E-state index contributed by atoms with van der Waals surface area (Å²) in [4.78, 5) is 14.7. The van der Waals surface area contributed by atoms with Crippen LogP contribution >= 0.6 is 0 Å². The van der Waals surface area contributed by atoms with Gasteiger partial charge in [-0.05, 0) is 30.5 Å². The lowest BCUT2D eigenvalue weighted by molar-refractivity contribution is -0.172. The molecule has 4 rings (SSSR count). The second-order valence-electron chi connectivity index (χ2n) is 6.02. The van der Waals surface area contributed by atoms with Crippen molar-refractivity contribution in [1.82, 2.24) is 4.90 Å². The number of carbonyl (C=O) groups is 1. The molecule has 0 radical (unpaired) electrons. The third-order valence-electron chi connectivity index (χ3n) is 4.72. The van der Waals surface area contributed by atoms with Gasteiger partial charge in [0.2, 0.25) is 0 Å². The van der Waals surface area contributed by atoms with Gasteiger partial charge in [0, 0.05) is 0 Å². The average molecular weight is 293 g/mol. The van der Waals surface area contributed by atoms with Crippen molar-refractivity contribution in [3.63, 3.8) is 0 Å². The van der Waals surface area contributed by atoms with Crippen LogP contribution in [0.5, 0.6) is 0 Å². The summed E-state index contributed by atoms with van der Waals surface area (Å²) in [6.07, 6.45) is 1.74. The van der Waals surface area contributed by atoms with Gasteiger partial charge in [-0.2, -0.15) is 0 Å². The average Bonchev–Trinajstić information content (AvgIpc) is 3.06. The van der Waals surface area contributed by atoms with Crippen LogP contribution in [-0.4, -0.2) is 23.5 Å². The van der Waals surface area contributed by atoms with Crippen LogP contribution < -0.4 is 0 Å². The summed E-state index contributed by atoms with van der Waals surface area (Å²) in [6.45, 7) is 0.961. The lowest BCUT2D eigenvalue weighted by Crippen LogP contribution is -2.48. The van der Waals surface area contributed by atoms with Gasteiger partial charge < -0.3 is 4.74 Å². The molecule has 2 aromatic carbocycles. The molecule has 0 N–H and O–H groups in total. The lowest BCUT2D eigenvalue weighted by Gasteiger charge is -2.42. The fraction of sp³-hybridized carbons (Fsp3) is 0.316. The fourth-order valence-electron chi connectivity index (χ4n) is 3.73. The van der Waals surface area contributed by atoms with Crippen LogP contribution in [0.3, 0.4) is 0 Å². The Morgan fingerprint density at radius 1 is 0.909 bits per heavy atom. The minimum Gasteiger partial charge on any atom is -0.454 e. The van der Waals surface area contributed by atoms with E-state index in [1.54, 1.807) is 0 Å². The predicted octanol–water partition coefficient (Wildman–Crippen LogP) is 3.49. The van der Waals surface area contributed by atoms with E-state index in [2.05, 4.69) is 29.2 Å². The zero-order valence-corrected chi connectivity index (χ0v) is 12.4. The zero-order chi connectivity index (χ0) is 14.9. The van der Waals surface area contributed by atoms with Crippen molar-refractivity contribution in [1.29, 1.82) is 0 Å². The number of fused-ring (bicyclic) bond motifs is 1. The van der Waals surface area contributed by atoms with Crippen molar-refractivity contribution in [2.45, 2.75) is 31.0 Å². The number of hydrogen-bond acceptors (Lipinski definition) is 3. The quantitative estimate of drug-likeness (QED) is 0.794. The van der Waals surface area contributed by atoms with Gasteiger partial charge in [0.15, 0.2) is 0 Å². The first-order valence-corrected chi connectivity index (χ1v) is 7.91. The molecule has 0 bridgehead atoms. The number of morpholine rings is 1. The van der Waals surface area contributed by atoms with Gasteiger partial charge in [0.1, 0.15) is 12.1 Å². The molecule has 0 amide bonds. The molecular weight excluding hydrogens is 274 g/mol. The molecule has 2 fully saturated rings. The summed E-state index contributed by atoms with van der Waals surface area (Å²) in [5.41, 5.74) is 2.28. The number of ether oxygens (including phenoxy) is 1. The summed E-state index contributed by atoms with van der Waals surface area (Å²) < 4.78 is 5.87. The monoisotopic (exact) mass is 293 g/mol. The van der Waals surface area contributed by atoms with Gasteiger partial charge in [-0.25, -0.2) is 0 Å². The molecule has 3 nitrogen and oxygen atoms in total. The number of nitrogens with zero attached hydrogens (tertiary/aromatic N) is 1. The second-order valence-corrected chi connectivity index (χ2v) is 6.02. The topological polar surface area (TPSA) is 29.5 Å². The van der Waals surface area contributed by atoms with E-state index in [4.69, 9.17) is 4.74 Å². The number of cyclic esters (lactones) is 1. The van der Waals surface area contributed by atoms with Crippen molar-refractivity contribution in [3.8, 4) is 0 Å². The van der Waals surface area contributed by atoms with E-state index in [-0.39, 0.29) is 24.2 Å². The Morgan fingerprint density at radius 2 is 1.55 bits per heavy atom. The molecule has 112 valence electrons. The van der Waals surface area contributed by atoms with Crippen LogP contribution in [-0.2, 0) is 9.53 Å². The van der Waals surface area contributed by atoms with Crippen molar-refractivity contribution in [3.05, 3.63) is 71.8 Å². The van der Waals surface area contributed by atoms with Crippen molar-refractivity contribution < 1.29 is 9.53 Å². The van der Waals surface area contributed by atoms with Crippen LogP contribution in [0.25, 0.3) is 0 Å². The molecule has 0 saturated carbocycles. The molecule has 0 aliphatic carbocycles. The number of hydrogen-bond donors (Lipinski definition) is 0. The second kappa shape index (κ2) is 5.58. The Labute approximate surface area is 130 Å². The molecule has 2 aliphatic heterocycles. The van der Waals surface area contributed by atoms with Crippen LogP contribution in [0.15, 0.2) is 60.7 Å². The predicted molar refractivity (Wildman–Crippen MR) is 84.2 cm³/mol. The third-order valence-corrected chi connectivity index (χ3v) is 4.72. The number of carbonyl (C=O) groups excluding carboxylic acids is 1.